The Kier molecular flexibility index (Phi) is 9.11. The van der Waals surface area contributed by atoms with Crippen molar-refractivity contribution in [2.45, 2.75) is 20.8 Å². The van der Waals surface area contributed by atoms with Crippen molar-refractivity contribution in [3.8, 4) is 11.5 Å². The predicted octanol–water partition coefficient (Wildman–Crippen LogP) is 5.79. The maximum absolute atomic E-state index is 12.4. The molecule has 9 heteroatoms. The minimum atomic E-state index is -0.385. The van der Waals surface area contributed by atoms with Crippen LogP contribution in [-0.2, 0) is 4.79 Å². The van der Waals surface area contributed by atoms with Crippen LogP contribution in [0.15, 0.2) is 59.7 Å². The van der Waals surface area contributed by atoms with E-state index in [-0.39, 0.29) is 29.2 Å². The highest BCUT2D eigenvalue weighted by atomic mass is 35.5. The van der Waals surface area contributed by atoms with E-state index in [4.69, 9.17) is 32.7 Å². The molecule has 0 aliphatic heterocycles. The van der Waals surface area contributed by atoms with Gasteiger partial charge in [0, 0.05) is 16.3 Å². The van der Waals surface area contributed by atoms with Crippen molar-refractivity contribution >= 4 is 46.9 Å². The first-order chi connectivity index (χ1) is 16.8. The zero-order chi connectivity index (χ0) is 25.4. The number of carbonyl (C=O) groups excluding carboxylic acids is 2. The van der Waals surface area contributed by atoms with E-state index in [9.17, 15) is 9.59 Å². The van der Waals surface area contributed by atoms with Gasteiger partial charge in [0.25, 0.3) is 11.8 Å². The molecule has 0 spiro atoms. The summed E-state index contributed by atoms with van der Waals surface area (Å²) in [6.07, 6.45) is 1.43. The third kappa shape index (κ3) is 7.47. The number of nitrogens with one attached hydrogen (secondary N) is 2. The van der Waals surface area contributed by atoms with Gasteiger partial charge in [-0.15, -0.1) is 0 Å². The van der Waals surface area contributed by atoms with E-state index < -0.39 is 0 Å². The maximum atomic E-state index is 12.4. The van der Waals surface area contributed by atoms with Crippen LogP contribution in [0.5, 0.6) is 11.5 Å². The highest BCUT2D eigenvalue weighted by Crippen LogP contribution is 2.36. The van der Waals surface area contributed by atoms with Crippen LogP contribution in [0.4, 0.5) is 5.69 Å². The fourth-order valence-electron chi connectivity index (χ4n) is 3.17. The van der Waals surface area contributed by atoms with Crippen molar-refractivity contribution in [2.24, 2.45) is 5.10 Å². The van der Waals surface area contributed by atoms with Gasteiger partial charge < -0.3 is 14.8 Å². The van der Waals surface area contributed by atoms with Crippen LogP contribution in [0.25, 0.3) is 0 Å². The molecule has 3 aromatic rings. The molecular formula is C26H25Cl2N3O4. The number of benzene rings is 3. The van der Waals surface area contributed by atoms with Gasteiger partial charge in [-0.05, 0) is 74.4 Å². The number of nitrogens with zero attached hydrogens (tertiary/aromatic N) is 1. The molecular weight excluding hydrogens is 489 g/mol. The zero-order valence-corrected chi connectivity index (χ0v) is 21.0. The Morgan fingerprint density at radius 3 is 2.43 bits per heavy atom. The highest BCUT2D eigenvalue weighted by Gasteiger charge is 2.15. The van der Waals surface area contributed by atoms with Crippen molar-refractivity contribution in [3.63, 3.8) is 0 Å². The van der Waals surface area contributed by atoms with Gasteiger partial charge in [-0.1, -0.05) is 40.9 Å². The standard InChI is InChI=1S/C26H25Cl2N3O4/c1-4-34-23-13-18(14-29-31-26(33)19-6-8-20(27)9-7-19)12-21(28)25(23)35-15-24(32)30-22-10-5-16(2)11-17(22)3/h5-14H,4,15H2,1-3H3,(H,30,32)(H,31,33)/b29-14+. The van der Waals surface area contributed by atoms with Gasteiger partial charge in [0.2, 0.25) is 0 Å². The molecule has 0 heterocycles. The molecule has 3 rings (SSSR count). The van der Waals surface area contributed by atoms with E-state index in [1.165, 1.54) is 6.21 Å². The molecule has 0 saturated heterocycles. The molecule has 7 nitrogen and oxygen atoms in total. The summed E-state index contributed by atoms with van der Waals surface area (Å²) in [5, 5.41) is 7.57. The molecule has 0 aromatic heterocycles. The summed E-state index contributed by atoms with van der Waals surface area (Å²) < 4.78 is 11.3. The van der Waals surface area contributed by atoms with Gasteiger partial charge in [-0.25, -0.2) is 5.43 Å². The molecule has 2 amide bonds. The average molecular weight is 514 g/mol. The fraction of sp³-hybridized carbons (Fsp3) is 0.192. The molecule has 0 aliphatic rings. The number of anilines is 1. The maximum Gasteiger partial charge on any atom is 0.271 e. The number of hydrogen-bond acceptors (Lipinski definition) is 5. The van der Waals surface area contributed by atoms with Crippen molar-refractivity contribution in [2.75, 3.05) is 18.5 Å². The van der Waals surface area contributed by atoms with Crippen molar-refractivity contribution in [3.05, 3.63) is 86.9 Å². The quantitative estimate of drug-likeness (QED) is 0.280. The van der Waals surface area contributed by atoms with E-state index in [1.54, 1.807) is 36.4 Å². The number of amides is 2. The zero-order valence-electron chi connectivity index (χ0n) is 19.5. The summed E-state index contributed by atoms with van der Waals surface area (Å²) in [5.74, 6) is -0.119. The third-order valence-electron chi connectivity index (χ3n) is 4.82. The molecule has 0 radical (unpaired) electrons. The van der Waals surface area contributed by atoms with Crippen molar-refractivity contribution in [1.82, 2.24) is 5.43 Å². The molecule has 0 unspecified atom stereocenters. The number of hydrazone groups is 1. The van der Waals surface area contributed by atoms with Gasteiger partial charge >= 0.3 is 0 Å². The van der Waals surface area contributed by atoms with Crippen molar-refractivity contribution in [1.29, 1.82) is 0 Å². The number of rotatable bonds is 9. The summed E-state index contributed by atoms with van der Waals surface area (Å²) in [7, 11) is 0. The first-order valence-electron chi connectivity index (χ1n) is 10.8. The number of halogens is 2. The van der Waals surface area contributed by atoms with Crippen LogP contribution in [0.1, 0.15) is 34.0 Å². The number of carbonyl (C=O) groups is 2. The Hall–Kier alpha value is -3.55. The van der Waals surface area contributed by atoms with Gasteiger partial charge in [0.05, 0.1) is 17.8 Å². The van der Waals surface area contributed by atoms with E-state index >= 15 is 0 Å². The van der Waals surface area contributed by atoms with Crippen LogP contribution >= 0.6 is 23.2 Å². The molecule has 0 fully saturated rings. The van der Waals surface area contributed by atoms with Crippen molar-refractivity contribution < 1.29 is 19.1 Å². The van der Waals surface area contributed by atoms with Crippen LogP contribution in [0, 0.1) is 13.8 Å². The Labute approximate surface area is 214 Å². The average Bonchev–Trinajstić information content (AvgIpc) is 2.81. The predicted molar refractivity (Wildman–Crippen MR) is 139 cm³/mol. The lowest BCUT2D eigenvalue weighted by atomic mass is 10.1. The summed E-state index contributed by atoms with van der Waals surface area (Å²) in [6, 6.07) is 15.4. The van der Waals surface area contributed by atoms with Gasteiger partial charge in [-0.3, -0.25) is 9.59 Å². The molecule has 0 bridgehead atoms. The SMILES string of the molecule is CCOc1cc(/C=N/NC(=O)c2ccc(Cl)cc2)cc(Cl)c1OCC(=O)Nc1ccc(C)cc1C. The smallest absolute Gasteiger partial charge is 0.271 e. The molecule has 182 valence electrons. The first kappa shape index (κ1) is 26.1. The van der Waals surface area contributed by atoms with Gasteiger partial charge in [-0.2, -0.15) is 5.10 Å². The topological polar surface area (TPSA) is 89.0 Å². The number of hydrogen-bond donors (Lipinski definition) is 2. The molecule has 3 aromatic carbocycles. The van der Waals surface area contributed by atoms with Gasteiger partial charge in [0.1, 0.15) is 0 Å². The largest absolute Gasteiger partial charge is 0.490 e. The highest BCUT2D eigenvalue weighted by molar-refractivity contribution is 6.32. The summed E-state index contributed by atoms with van der Waals surface area (Å²) in [6.45, 7) is 5.83. The lowest BCUT2D eigenvalue weighted by Gasteiger charge is -2.15. The van der Waals surface area contributed by atoms with Crippen LogP contribution in [0.2, 0.25) is 10.0 Å². The molecule has 35 heavy (non-hydrogen) atoms. The molecule has 2 N–H and O–H groups in total. The molecule has 0 aliphatic carbocycles. The Morgan fingerprint density at radius 2 is 1.74 bits per heavy atom. The van der Waals surface area contributed by atoms with Gasteiger partial charge in [0.15, 0.2) is 18.1 Å². The lowest BCUT2D eigenvalue weighted by molar-refractivity contribution is -0.118. The first-order valence-corrected chi connectivity index (χ1v) is 11.6. The van der Waals surface area contributed by atoms with E-state index in [0.717, 1.165) is 11.1 Å². The van der Waals surface area contributed by atoms with Crippen LogP contribution < -0.4 is 20.2 Å². The lowest BCUT2D eigenvalue weighted by Crippen LogP contribution is -2.21. The Balaban J connectivity index is 1.66. The number of aryl methyl sites for hydroxylation is 2. The fourth-order valence-corrected chi connectivity index (χ4v) is 3.57. The second-order valence-electron chi connectivity index (χ2n) is 7.62. The Bertz CT molecular complexity index is 1240. The summed E-state index contributed by atoms with van der Waals surface area (Å²) in [5.41, 5.74) is 6.21. The third-order valence-corrected chi connectivity index (χ3v) is 5.35. The number of ether oxygens (including phenoxy) is 2. The van der Waals surface area contributed by atoms with E-state index in [1.807, 2.05) is 39.0 Å². The minimum absolute atomic E-state index is 0.237. The van der Waals surface area contributed by atoms with Crippen LogP contribution in [0.3, 0.4) is 0 Å². The molecule has 0 saturated carbocycles. The van der Waals surface area contributed by atoms with E-state index in [2.05, 4.69) is 15.8 Å². The van der Waals surface area contributed by atoms with E-state index in [0.29, 0.717) is 34.2 Å². The second kappa shape index (κ2) is 12.2. The van der Waals surface area contributed by atoms with Crippen LogP contribution in [-0.4, -0.2) is 31.2 Å². The molecule has 0 atom stereocenters. The Morgan fingerprint density at radius 1 is 1.00 bits per heavy atom. The summed E-state index contributed by atoms with van der Waals surface area (Å²) in [4.78, 5) is 24.6. The summed E-state index contributed by atoms with van der Waals surface area (Å²) >= 11 is 12.2. The normalized spacial score (nSPS) is 10.8. The monoisotopic (exact) mass is 513 g/mol. The minimum Gasteiger partial charge on any atom is -0.490 e. The second-order valence-corrected chi connectivity index (χ2v) is 8.47.